The van der Waals surface area contributed by atoms with Gasteiger partial charge in [0.2, 0.25) is 5.91 Å². The molecule has 2 N–H and O–H groups in total. The predicted octanol–water partition coefficient (Wildman–Crippen LogP) is 0.180. The van der Waals surface area contributed by atoms with Crippen LogP contribution in [0.5, 0.6) is 0 Å². The van der Waals surface area contributed by atoms with Crippen LogP contribution in [0, 0.1) is 0 Å². The molecule has 8 heteroatoms. The van der Waals surface area contributed by atoms with Gasteiger partial charge in [0.15, 0.2) is 0 Å². The quantitative estimate of drug-likeness (QED) is 0.693. The largest absolute Gasteiger partial charge is 0.469 e. The van der Waals surface area contributed by atoms with Crippen LogP contribution in [0.25, 0.3) is 0 Å². The lowest BCUT2D eigenvalue weighted by Gasteiger charge is -2.37. The first kappa shape index (κ1) is 20.4. The molecule has 0 saturated carbocycles. The zero-order chi connectivity index (χ0) is 18.3. The number of hydrogen-bond donors (Lipinski definition) is 2. The fraction of sp³-hybridized carbons (Fsp3) is 0.812. The summed E-state index contributed by atoms with van der Waals surface area (Å²) in [5, 5.41) is 5.04. The molecular weight excluding hydrogens is 312 g/mol. The molecule has 0 radical (unpaired) electrons. The monoisotopic (exact) mass is 342 g/mol. The molecule has 1 rings (SSSR count). The van der Waals surface area contributed by atoms with E-state index >= 15 is 0 Å². The van der Waals surface area contributed by atoms with Gasteiger partial charge in [-0.15, -0.1) is 0 Å². The Kier molecular flexibility index (Phi) is 7.62. The van der Waals surface area contributed by atoms with E-state index in [4.69, 9.17) is 4.74 Å². The van der Waals surface area contributed by atoms with Crippen molar-refractivity contribution >= 4 is 17.9 Å². The Morgan fingerprint density at radius 1 is 1.12 bits per heavy atom. The molecule has 1 atom stereocenters. The van der Waals surface area contributed by atoms with Gasteiger partial charge in [0.25, 0.3) is 0 Å². The average Bonchev–Trinajstić information content (AvgIpc) is 2.45. The van der Waals surface area contributed by atoms with Gasteiger partial charge in [0.1, 0.15) is 0 Å². The molecule has 0 bridgehead atoms. The number of amides is 3. The number of esters is 1. The molecule has 0 aromatic carbocycles. The SMILES string of the molecule is COC(=O)CC(C)N1CCN(CC(=O)NC(=O)NC(C)(C)C)CC1. The van der Waals surface area contributed by atoms with Gasteiger partial charge in [-0.2, -0.15) is 0 Å². The number of ether oxygens (including phenoxy) is 1. The van der Waals surface area contributed by atoms with E-state index in [9.17, 15) is 14.4 Å². The third kappa shape index (κ3) is 7.74. The standard InChI is InChI=1S/C16H30N4O4/c1-12(10-14(22)24-5)20-8-6-19(7-9-20)11-13(21)17-15(23)18-16(2,3)4/h12H,6-11H2,1-5H3,(H2,17,18,21,23). The van der Waals surface area contributed by atoms with Crippen molar-refractivity contribution < 1.29 is 19.1 Å². The molecule has 1 saturated heterocycles. The van der Waals surface area contributed by atoms with Crippen molar-refractivity contribution in [1.82, 2.24) is 20.4 Å². The Labute approximate surface area is 143 Å². The number of carbonyl (C=O) groups is 3. The molecular formula is C16H30N4O4. The van der Waals surface area contributed by atoms with Gasteiger partial charge in [-0.25, -0.2) is 4.79 Å². The molecule has 138 valence electrons. The molecule has 3 amide bonds. The molecule has 24 heavy (non-hydrogen) atoms. The molecule has 0 aromatic rings. The molecule has 0 aromatic heterocycles. The van der Waals surface area contributed by atoms with Gasteiger partial charge in [0, 0.05) is 37.8 Å². The van der Waals surface area contributed by atoms with Crippen molar-refractivity contribution in [3.8, 4) is 0 Å². The molecule has 1 aliphatic heterocycles. The first-order valence-corrected chi connectivity index (χ1v) is 8.26. The van der Waals surface area contributed by atoms with E-state index in [2.05, 4.69) is 15.5 Å². The van der Waals surface area contributed by atoms with E-state index in [1.807, 2.05) is 32.6 Å². The van der Waals surface area contributed by atoms with Gasteiger partial charge in [-0.1, -0.05) is 0 Å². The van der Waals surface area contributed by atoms with Crippen molar-refractivity contribution in [2.75, 3.05) is 39.8 Å². The molecule has 8 nitrogen and oxygen atoms in total. The summed E-state index contributed by atoms with van der Waals surface area (Å²) in [4.78, 5) is 39.1. The van der Waals surface area contributed by atoms with Gasteiger partial charge in [-0.3, -0.25) is 24.7 Å². The second kappa shape index (κ2) is 8.98. The second-order valence-corrected chi connectivity index (χ2v) is 7.19. The van der Waals surface area contributed by atoms with Gasteiger partial charge < -0.3 is 10.1 Å². The molecule has 1 aliphatic rings. The van der Waals surface area contributed by atoms with Gasteiger partial charge in [-0.05, 0) is 27.7 Å². The second-order valence-electron chi connectivity index (χ2n) is 7.19. The highest BCUT2D eigenvalue weighted by atomic mass is 16.5. The predicted molar refractivity (Wildman–Crippen MR) is 90.5 cm³/mol. The van der Waals surface area contributed by atoms with Crippen LogP contribution >= 0.6 is 0 Å². The number of carbonyl (C=O) groups excluding carboxylic acids is 3. The highest BCUT2D eigenvalue weighted by molar-refractivity contribution is 5.95. The summed E-state index contributed by atoms with van der Waals surface area (Å²) in [5.74, 6) is -0.526. The third-order valence-corrected chi connectivity index (χ3v) is 3.83. The Morgan fingerprint density at radius 2 is 1.71 bits per heavy atom. The Balaban J connectivity index is 2.31. The number of piperazine rings is 1. The Hall–Kier alpha value is -1.67. The van der Waals surface area contributed by atoms with Crippen molar-refractivity contribution in [3.63, 3.8) is 0 Å². The topological polar surface area (TPSA) is 91.0 Å². The summed E-state index contributed by atoms with van der Waals surface area (Å²) in [7, 11) is 1.39. The van der Waals surface area contributed by atoms with Gasteiger partial charge >= 0.3 is 12.0 Å². The number of imide groups is 1. The van der Waals surface area contributed by atoms with Crippen LogP contribution in [0.15, 0.2) is 0 Å². The summed E-state index contributed by atoms with van der Waals surface area (Å²) >= 11 is 0. The van der Waals surface area contributed by atoms with Crippen LogP contribution in [-0.4, -0.2) is 79.1 Å². The van der Waals surface area contributed by atoms with Gasteiger partial charge in [0.05, 0.1) is 20.1 Å². The first-order chi connectivity index (χ1) is 11.1. The summed E-state index contributed by atoms with van der Waals surface area (Å²) in [6.45, 7) is 10.7. The highest BCUT2D eigenvalue weighted by Gasteiger charge is 2.24. The Bertz CT molecular complexity index is 453. The molecule has 1 unspecified atom stereocenters. The van der Waals surface area contributed by atoms with Crippen LogP contribution in [0.1, 0.15) is 34.1 Å². The Morgan fingerprint density at radius 3 is 2.21 bits per heavy atom. The van der Waals surface area contributed by atoms with Crippen molar-refractivity contribution in [1.29, 1.82) is 0 Å². The van der Waals surface area contributed by atoms with E-state index in [0.717, 1.165) is 26.2 Å². The number of nitrogens with one attached hydrogen (secondary N) is 2. The van der Waals surface area contributed by atoms with Crippen molar-refractivity contribution in [2.24, 2.45) is 0 Å². The summed E-state index contributed by atoms with van der Waals surface area (Å²) in [6, 6.07) is -0.358. The minimum absolute atomic E-state index is 0.117. The lowest BCUT2D eigenvalue weighted by molar-refractivity contribution is -0.142. The van der Waals surface area contributed by atoms with E-state index in [-0.39, 0.29) is 30.0 Å². The van der Waals surface area contributed by atoms with E-state index in [1.54, 1.807) is 0 Å². The minimum atomic E-state index is -0.474. The van der Waals surface area contributed by atoms with E-state index < -0.39 is 6.03 Å². The fourth-order valence-electron chi connectivity index (χ4n) is 2.56. The molecule has 1 heterocycles. The maximum Gasteiger partial charge on any atom is 0.321 e. The lowest BCUT2D eigenvalue weighted by Crippen LogP contribution is -2.54. The summed E-state index contributed by atoms with van der Waals surface area (Å²) in [6.07, 6.45) is 0.365. The lowest BCUT2D eigenvalue weighted by atomic mass is 10.1. The zero-order valence-electron chi connectivity index (χ0n) is 15.3. The molecule has 1 fully saturated rings. The maximum atomic E-state index is 11.9. The van der Waals surface area contributed by atoms with Crippen LogP contribution in [0.4, 0.5) is 4.79 Å². The number of rotatable bonds is 5. The first-order valence-electron chi connectivity index (χ1n) is 8.26. The number of nitrogens with zero attached hydrogens (tertiary/aromatic N) is 2. The number of methoxy groups -OCH3 is 1. The van der Waals surface area contributed by atoms with E-state index in [1.165, 1.54) is 7.11 Å². The van der Waals surface area contributed by atoms with E-state index in [0.29, 0.717) is 6.42 Å². The molecule has 0 aliphatic carbocycles. The van der Waals surface area contributed by atoms with Crippen LogP contribution < -0.4 is 10.6 Å². The summed E-state index contributed by atoms with van der Waals surface area (Å²) < 4.78 is 4.69. The highest BCUT2D eigenvalue weighted by Crippen LogP contribution is 2.09. The maximum absolute atomic E-state index is 11.9. The number of urea groups is 1. The average molecular weight is 342 g/mol. The third-order valence-electron chi connectivity index (χ3n) is 3.83. The van der Waals surface area contributed by atoms with Crippen molar-refractivity contribution in [2.45, 2.75) is 45.7 Å². The summed E-state index contributed by atoms with van der Waals surface area (Å²) in [5.41, 5.74) is -0.383. The van der Waals surface area contributed by atoms with Crippen LogP contribution in [0.3, 0.4) is 0 Å². The minimum Gasteiger partial charge on any atom is -0.469 e. The molecule has 0 spiro atoms. The van der Waals surface area contributed by atoms with Crippen molar-refractivity contribution in [3.05, 3.63) is 0 Å². The fourth-order valence-corrected chi connectivity index (χ4v) is 2.56. The zero-order valence-corrected chi connectivity index (χ0v) is 15.3. The normalized spacial score (nSPS) is 17.9. The van der Waals surface area contributed by atoms with Crippen LogP contribution in [-0.2, 0) is 14.3 Å². The van der Waals surface area contributed by atoms with Crippen LogP contribution in [0.2, 0.25) is 0 Å². The number of hydrogen-bond acceptors (Lipinski definition) is 6. The smallest absolute Gasteiger partial charge is 0.321 e.